The van der Waals surface area contributed by atoms with Crippen LogP contribution in [0.3, 0.4) is 0 Å². The Bertz CT molecular complexity index is 889. The number of amides is 1. The summed E-state index contributed by atoms with van der Waals surface area (Å²) in [6.07, 6.45) is 0.511. The largest absolute Gasteiger partial charge is 0.326 e. The summed E-state index contributed by atoms with van der Waals surface area (Å²) in [5.74, 6) is 0.363. The number of rotatable bonds is 5. The van der Waals surface area contributed by atoms with Gasteiger partial charge in [0.25, 0.3) is 0 Å². The molecule has 3 aromatic rings. The number of carbonyl (C=O) groups is 1. The van der Waals surface area contributed by atoms with Crippen LogP contribution >= 0.6 is 22.9 Å². The maximum Gasteiger partial charge on any atom is 0.224 e. The van der Waals surface area contributed by atoms with Gasteiger partial charge < -0.3 is 5.32 Å². The first-order chi connectivity index (χ1) is 12.0. The molecule has 128 valence electrons. The highest BCUT2D eigenvalue weighted by Crippen LogP contribution is 2.33. The molecule has 1 heterocycles. The van der Waals surface area contributed by atoms with E-state index in [0.717, 1.165) is 27.5 Å². The summed E-state index contributed by atoms with van der Waals surface area (Å²) in [6.45, 7) is 4.06. The number of carbonyl (C=O) groups excluding carboxylic acids is 1. The van der Waals surface area contributed by atoms with Crippen LogP contribution in [0.4, 0.5) is 5.69 Å². The van der Waals surface area contributed by atoms with Crippen molar-refractivity contribution in [3.63, 3.8) is 0 Å². The molecule has 25 heavy (non-hydrogen) atoms. The van der Waals surface area contributed by atoms with Gasteiger partial charge >= 0.3 is 0 Å². The SMILES string of the molecule is CC(C)CC(=O)Nc1cccc(-c2csc(-c3ccccc3Cl)n2)c1. The van der Waals surface area contributed by atoms with Gasteiger partial charge in [-0.2, -0.15) is 0 Å². The molecule has 0 unspecified atom stereocenters. The molecular formula is C20H19ClN2OS. The van der Waals surface area contributed by atoms with Crippen LogP contribution in [0.15, 0.2) is 53.9 Å². The van der Waals surface area contributed by atoms with Gasteiger partial charge in [-0.3, -0.25) is 4.79 Å². The van der Waals surface area contributed by atoms with Gasteiger partial charge in [0, 0.05) is 28.6 Å². The first-order valence-electron chi connectivity index (χ1n) is 8.13. The van der Waals surface area contributed by atoms with Gasteiger partial charge in [0.2, 0.25) is 5.91 Å². The van der Waals surface area contributed by atoms with Gasteiger partial charge in [-0.15, -0.1) is 11.3 Å². The molecule has 1 aromatic heterocycles. The van der Waals surface area contributed by atoms with Crippen molar-refractivity contribution >= 4 is 34.5 Å². The molecule has 3 nitrogen and oxygen atoms in total. The lowest BCUT2D eigenvalue weighted by Crippen LogP contribution is -2.13. The molecule has 0 aliphatic heterocycles. The van der Waals surface area contributed by atoms with Crippen LogP contribution in [-0.2, 0) is 4.79 Å². The summed E-state index contributed by atoms with van der Waals surface area (Å²) in [4.78, 5) is 16.7. The fraction of sp³-hybridized carbons (Fsp3) is 0.200. The Morgan fingerprint density at radius 2 is 2.00 bits per heavy atom. The third kappa shape index (κ3) is 4.47. The highest BCUT2D eigenvalue weighted by Gasteiger charge is 2.11. The van der Waals surface area contributed by atoms with Gasteiger partial charge in [-0.1, -0.05) is 55.8 Å². The molecule has 5 heteroatoms. The molecule has 0 saturated heterocycles. The van der Waals surface area contributed by atoms with Crippen molar-refractivity contribution in [2.75, 3.05) is 5.32 Å². The Hall–Kier alpha value is -2.17. The van der Waals surface area contributed by atoms with Crippen LogP contribution in [0, 0.1) is 5.92 Å². The zero-order chi connectivity index (χ0) is 17.8. The molecule has 0 aliphatic rings. The molecule has 2 aromatic carbocycles. The van der Waals surface area contributed by atoms with Crippen molar-refractivity contribution in [1.29, 1.82) is 0 Å². The van der Waals surface area contributed by atoms with Crippen molar-refractivity contribution in [2.45, 2.75) is 20.3 Å². The monoisotopic (exact) mass is 370 g/mol. The summed E-state index contributed by atoms with van der Waals surface area (Å²) in [6, 6.07) is 15.4. The number of anilines is 1. The van der Waals surface area contributed by atoms with E-state index in [2.05, 4.69) is 5.32 Å². The maximum absolute atomic E-state index is 12.0. The Balaban J connectivity index is 1.82. The molecule has 0 atom stereocenters. The number of benzene rings is 2. The summed E-state index contributed by atoms with van der Waals surface area (Å²) >= 11 is 7.81. The zero-order valence-electron chi connectivity index (χ0n) is 14.1. The van der Waals surface area contributed by atoms with Crippen molar-refractivity contribution in [2.24, 2.45) is 5.92 Å². The van der Waals surface area contributed by atoms with Crippen LogP contribution in [0.25, 0.3) is 21.8 Å². The number of halogens is 1. The second kappa shape index (κ2) is 7.81. The minimum atomic E-state index is 0.0298. The topological polar surface area (TPSA) is 42.0 Å². The van der Waals surface area contributed by atoms with E-state index >= 15 is 0 Å². The van der Waals surface area contributed by atoms with Gasteiger partial charge in [0.05, 0.1) is 10.7 Å². The minimum Gasteiger partial charge on any atom is -0.326 e. The molecule has 1 N–H and O–H groups in total. The summed E-state index contributed by atoms with van der Waals surface area (Å²) < 4.78 is 0. The molecule has 0 radical (unpaired) electrons. The van der Waals surface area contributed by atoms with E-state index in [1.807, 2.05) is 67.8 Å². The third-order valence-electron chi connectivity index (χ3n) is 3.64. The molecule has 0 fully saturated rings. The number of aromatic nitrogens is 1. The van der Waals surface area contributed by atoms with E-state index < -0.39 is 0 Å². The average molecular weight is 371 g/mol. The predicted octanol–water partition coefficient (Wildman–Crippen LogP) is 6.12. The summed E-state index contributed by atoms with van der Waals surface area (Å²) in [5, 5.41) is 6.53. The van der Waals surface area contributed by atoms with E-state index in [1.54, 1.807) is 11.3 Å². The van der Waals surface area contributed by atoms with Crippen LogP contribution in [0.5, 0.6) is 0 Å². The van der Waals surface area contributed by atoms with Crippen LogP contribution in [0.2, 0.25) is 5.02 Å². The lowest BCUT2D eigenvalue weighted by molar-refractivity contribution is -0.116. The van der Waals surface area contributed by atoms with Gasteiger partial charge in [0.1, 0.15) is 5.01 Å². The van der Waals surface area contributed by atoms with Crippen molar-refractivity contribution in [3.8, 4) is 21.8 Å². The average Bonchev–Trinajstić information content (AvgIpc) is 3.04. The van der Waals surface area contributed by atoms with Gasteiger partial charge in [-0.25, -0.2) is 4.98 Å². The second-order valence-corrected chi connectivity index (χ2v) is 7.51. The van der Waals surface area contributed by atoms with Crippen LogP contribution in [0.1, 0.15) is 20.3 Å². The Labute approximate surface area is 156 Å². The first-order valence-corrected chi connectivity index (χ1v) is 9.39. The van der Waals surface area contributed by atoms with E-state index in [0.29, 0.717) is 17.4 Å². The lowest BCUT2D eigenvalue weighted by atomic mass is 10.1. The van der Waals surface area contributed by atoms with E-state index in [1.165, 1.54) is 0 Å². The van der Waals surface area contributed by atoms with Gasteiger partial charge in [0.15, 0.2) is 0 Å². The Morgan fingerprint density at radius 3 is 2.76 bits per heavy atom. The predicted molar refractivity (Wildman–Crippen MR) is 106 cm³/mol. The van der Waals surface area contributed by atoms with Crippen molar-refractivity contribution < 1.29 is 4.79 Å². The van der Waals surface area contributed by atoms with E-state index in [-0.39, 0.29) is 5.91 Å². The second-order valence-electron chi connectivity index (χ2n) is 6.24. The Morgan fingerprint density at radius 1 is 1.20 bits per heavy atom. The molecule has 1 amide bonds. The van der Waals surface area contributed by atoms with Gasteiger partial charge in [-0.05, 0) is 24.1 Å². The maximum atomic E-state index is 12.0. The number of hydrogen-bond acceptors (Lipinski definition) is 3. The third-order valence-corrected chi connectivity index (χ3v) is 4.85. The quantitative estimate of drug-likeness (QED) is 0.588. The normalized spacial score (nSPS) is 10.9. The number of nitrogens with one attached hydrogen (secondary N) is 1. The number of hydrogen-bond donors (Lipinski definition) is 1. The van der Waals surface area contributed by atoms with E-state index in [9.17, 15) is 4.79 Å². The van der Waals surface area contributed by atoms with Crippen LogP contribution < -0.4 is 5.32 Å². The molecule has 3 rings (SSSR count). The highest BCUT2D eigenvalue weighted by molar-refractivity contribution is 7.13. The summed E-state index contributed by atoms with van der Waals surface area (Å²) in [7, 11) is 0. The zero-order valence-corrected chi connectivity index (χ0v) is 15.7. The van der Waals surface area contributed by atoms with Crippen molar-refractivity contribution in [1.82, 2.24) is 4.98 Å². The first kappa shape index (κ1) is 17.6. The summed E-state index contributed by atoms with van der Waals surface area (Å²) in [5.41, 5.74) is 3.56. The molecule has 0 saturated carbocycles. The molecular weight excluding hydrogens is 352 g/mol. The van der Waals surface area contributed by atoms with Crippen molar-refractivity contribution in [3.05, 3.63) is 58.9 Å². The molecule has 0 bridgehead atoms. The molecule has 0 spiro atoms. The standard InChI is InChI=1S/C20H19ClN2OS/c1-13(2)10-19(24)22-15-7-5-6-14(11-15)18-12-25-20(23-18)16-8-3-4-9-17(16)21/h3-9,11-13H,10H2,1-2H3,(H,22,24). The molecule has 0 aliphatic carbocycles. The fourth-order valence-electron chi connectivity index (χ4n) is 2.50. The number of nitrogens with zero attached hydrogens (tertiary/aromatic N) is 1. The Kier molecular flexibility index (Phi) is 5.51. The lowest BCUT2D eigenvalue weighted by Gasteiger charge is -2.08. The fourth-order valence-corrected chi connectivity index (χ4v) is 3.65. The highest BCUT2D eigenvalue weighted by atomic mass is 35.5. The smallest absolute Gasteiger partial charge is 0.224 e. The van der Waals surface area contributed by atoms with Crippen LogP contribution in [-0.4, -0.2) is 10.9 Å². The number of thiazole rings is 1. The minimum absolute atomic E-state index is 0.0298. The van der Waals surface area contributed by atoms with E-state index in [4.69, 9.17) is 16.6 Å².